The van der Waals surface area contributed by atoms with E-state index in [1.807, 2.05) is 17.7 Å². The number of hydrogen-bond acceptors (Lipinski definition) is 3. The van der Waals surface area contributed by atoms with Gasteiger partial charge in [-0.1, -0.05) is 0 Å². The van der Waals surface area contributed by atoms with E-state index in [9.17, 15) is 8.42 Å². The Hall–Kier alpha value is -0.840. The molecule has 0 bridgehead atoms. The number of hydrogen-bond donors (Lipinski definition) is 0. The molecule has 1 heterocycles. The number of sulfone groups is 1. The zero-order chi connectivity index (χ0) is 9.90. The minimum absolute atomic E-state index is 0.228. The topological polar surface area (TPSA) is 52.0 Å². The van der Waals surface area contributed by atoms with Crippen LogP contribution in [0.5, 0.6) is 0 Å². The fraction of sp³-hybridized carbons (Fsp3) is 0.625. The fourth-order valence-corrected chi connectivity index (χ4v) is 1.76. The smallest absolute Gasteiger partial charge is 0.147 e. The number of nitrogens with zero attached hydrogens (tertiary/aromatic N) is 2. The van der Waals surface area contributed by atoms with Gasteiger partial charge < -0.3 is 0 Å². The van der Waals surface area contributed by atoms with Crippen LogP contribution in [0.25, 0.3) is 0 Å². The number of rotatable bonds is 4. The van der Waals surface area contributed by atoms with Crippen LogP contribution in [-0.4, -0.2) is 30.2 Å². The van der Waals surface area contributed by atoms with Gasteiger partial charge in [0.25, 0.3) is 0 Å². The van der Waals surface area contributed by atoms with Crippen molar-refractivity contribution in [2.24, 2.45) is 0 Å². The second kappa shape index (κ2) is 3.91. The van der Waals surface area contributed by atoms with Gasteiger partial charge >= 0.3 is 0 Å². The van der Waals surface area contributed by atoms with Gasteiger partial charge in [-0.2, -0.15) is 5.10 Å². The maximum Gasteiger partial charge on any atom is 0.147 e. The summed E-state index contributed by atoms with van der Waals surface area (Å²) >= 11 is 0. The molecular weight excluding hydrogens is 188 g/mol. The van der Waals surface area contributed by atoms with Gasteiger partial charge in [-0.05, 0) is 19.4 Å². The molecule has 1 aromatic heterocycles. The third-order valence-corrected chi connectivity index (χ3v) is 2.84. The molecule has 0 N–H and O–H groups in total. The molecule has 0 amide bonds. The monoisotopic (exact) mass is 202 g/mol. The second-order valence-corrected chi connectivity index (χ2v) is 5.44. The molecule has 0 atom stereocenters. The molecule has 0 spiro atoms. The summed E-state index contributed by atoms with van der Waals surface area (Å²) in [5, 5.41) is 4.06. The van der Waals surface area contributed by atoms with Crippen LogP contribution in [0.15, 0.2) is 12.3 Å². The first kappa shape index (κ1) is 10.2. The first-order valence-electron chi connectivity index (χ1n) is 4.15. The molecule has 1 aromatic rings. The van der Waals surface area contributed by atoms with Gasteiger partial charge in [-0.25, -0.2) is 8.42 Å². The molecule has 4 nitrogen and oxygen atoms in total. The summed E-state index contributed by atoms with van der Waals surface area (Å²) in [6.07, 6.45) is 3.60. The van der Waals surface area contributed by atoms with E-state index in [2.05, 4.69) is 5.10 Å². The fourth-order valence-electron chi connectivity index (χ4n) is 1.11. The van der Waals surface area contributed by atoms with Crippen molar-refractivity contribution in [3.63, 3.8) is 0 Å². The van der Waals surface area contributed by atoms with Gasteiger partial charge in [-0.15, -0.1) is 0 Å². The van der Waals surface area contributed by atoms with Crippen molar-refractivity contribution in [1.82, 2.24) is 9.78 Å². The van der Waals surface area contributed by atoms with Crippen LogP contribution in [0.3, 0.4) is 0 Å². The first-order chi connectivity index (χ1) is 5.99. The molecular formula is C8H14N2O2S. The predicted molar refractivity (Wildman–Crippen MR) is 51.3 cm³/mol. The normalized spacial score (nSPS) is 11.8. The molecule has 1 rings (SSSR count). The van der Waals surface area contributed by atoms with E-state index in [-0.39, 0.29) is 5.75 Å². The van der Waals surface area contributed by atoms with E-state index >= 15 is 0 Å². The second-order valence-electron chi connectivity index (χ2n) is 3.18. The van der Waals surface area contributed by atoms with Crippen LogP contribution in [0.4, 0.5) is 0 Å². The van der Waals surface area contributed by atoms with Crippen molar-refractivity contribution in [3.05, 3.63) is 18.0 Å². The Morgan fingerprint density at radius 3 is 2.69 bits per heavy atom. The van der Waals surface area contributed by atoms with Gasteiger partial charge in [-0.3, -0.25) is 4.68 Å². The Morgan fingerprint density at radius 2 is 2.23 bits per heavy atom. The summed E-state index contributed by atoms with van der Waals surface area (Å²) in [4.78, 5) is 0. The molecule has 0 aliphatic rings. The molecule has 0 fully saturated rings. The van der Waals surface area contributed by atoms with Crippen LogP contribution >= 0.6 is 0 Å². The number of aryl methyl sites for hydroxylation is 2. The molecule has 0 aromatic carbocycles. The molecule has 5 heteroatoms. The van der Waals surface area contributed by atoms with Crippen molar-refractivity contribution in [1.29, 1.82) is 0 Å². The molecule has 0 saturated heterocycles. The third kappa shape index (κ3) is 3.59. The highest BCUT2D eigenvalue weighted by Gasteiger charge is 2.02. The Labute approximate surface area is 78.5 Å². The van der Waals surface area contributed by atoms with Crippen molar-refractivity contribution >= 4 is 9.84 Å². The minimum atomic E-state index is -2.83. The molecule has 0 saturated carbocycles. The zero-order valence-electron chi connectivity index (χ0n) is 7.90. The molecule has 0 aliphatic heterocycles. The molecule has 0 unspecified atom stereocenters. The Bertz CT molecular complexity index is 367. The van der Waals surface area contributed by atoms with Crippen molar-refractivity contribution in [3.8, 4) is 0 Å². The standard InChI is InChI=1S/C8H14N2O2S/c1-8-4-5-9-10(8)6-3-7-13(2,11)12/h4-5H,3,6-7H2,1-2H3. The van der Waals surface area contributed by atoms with Crippen molar-refractivity contribution < 1.29 is 8.42 Å². The summed E-state index contributed by atoms with van der Waals surface area (Å²) in [5.41, 5.74) is 1.06. The van der Waals surface area contributed by atoms with Gasteiger partial charge in [0.1, 0.15) is 9.84 Å². The van der Waals surface area contributed by atoms with Crippen LogP contribution in [0, 0.1) is 6.92 Å². The average molecular weight is 202 g/mol. The summed E-state index contributed by atoms with van der Waals surface area (Å²) in [5.74, 6) is 0.228. The third-order valence-electron chi connectivity index (χ3n) is 1.81. The Balaban J connectivity index is 2.41. The largest absolute Gasteiger partial charge is 0.270 e. The molecule has 0 radical (unpaired) electrons. The quantitative estimate of drug-likeness (QED) is 0.719. The highest BCUT2D eigenvalue weighted by molar-refractivity contribution is 7.90. The summed E-state index contributed by atoms with van der Waals surface area (Å²) in [7, 11) is -2.83. The summed E-state index contributed by atoms with van der Waals surface area (Å²) < 4.78 is 23.4. The highest BCUT2D eigenvalue weighted by atomic mass is 32.2. The van der Waals surface area contributed by atoms with E-state index in [4.69, 9.17) is 0 Å². The average Bonchev–Trinajstić information content (AvgIpc) is 2.34. The Morgan fingerprint density at radius 1 is 1.54 bits per heavy atom. The maximum absolute atomic E-state index is 10.8. The lowest BCUT2D eigenvalue weighted by atomic mass is 10.4. The number of aromatic nitrogens is 2. The van der Waals surface area contributed by atoms with Gasteiger partial charge in [0.2, 0.25) is 0 Å². The van der Waals surface area contributed by atoms with Crippen LogP contribution in [0.1, 0.15) is 12.1 Å². The van der Waals surface area contributed by atoms with Crippen LogP contribution in [0.2, 0.25) is 0 Å². The molecule has 74 valence electrons. The maximum atomic E-state index is 10.8. The minimum Gasteiger partial charge on any atom is -0.270 e. The summed E-state index contributed by atoms with van der Waals surface area (Å²) in [6, 6.07) is 1.90. The predicted octanol–water partition coefficient (Wildman–Crippen LogP) is 0.626. The van der Waals surface area contributed by atoms with Gasteiger partial charge in [0, 0.05) is 24.7 Å². The van der Waals surface area contributed by atoms with Crippen molar-refractivity contribution in [2.75, 3.05) is 12.0 Å². The lowest BCUT2D eigenvalue weighted by Crippen LogP contribution is -2.09. The van der Waals surface area contributed by atoms with Crippen LogP contribution < -0.4 is 0 Å². The van der Waals surface area contributed by atoms with Gasteiger partial charge in [0.05, 0.1) is 5.75 Å². The van der Waals surface area contributed by atoms with Crippen molar-refractivity contribution in [2.45, 2.75) is 19.9 Å². The van der Waals surface area contributed by atoms with Gasteiger partial charge in [0.15, 0.2) is 0 Å². The van der Waals surface area contributed by atoms with E-state index < -0.39 is 9.84 Å². The first-order valence-corrected chi connectivity index (χ1v) is 6.21. The highest BCUT2D eigenvalue weighted by Crippen LogP contribution is 1.98. The van der Waals surface area contributed by atoms with E-state index in [1.165, 1.54) is 6.26 Å². The van der Waals surface area contributed by atoms with E-state index in [0.29, 0.717) is 13.0 Å². The SMILES string of the molecule is Cc1ccnn1CCCS(C)(=O)=O. The van der Waals surface area contributed by atoms with E-state index in [1.54, 1.807) is 6.20 Å². The van der Waals surface area contributed by atoms with E-state index in [0.717, 1.165) is 5.69 Å². The lowest BCUT2D eigenvalue weighted by molar-refractivity contribution is 0.569. The molecule has 0 aliphatic carbocycles. The Kier molecular flexibility index (Phi) is 3.08. The molecule has 13 heavy (non-hydrogen) atoms. The summed E-state index contributed by atoms with van der Waals surface area (Å²) in [6.45, 7) is 2.62. The lowest BCUT2D eigenvalue weighted by Gasteiger charge is -2.02. The van der Waals surface area contributed by atoms with Crippen LogP contribution in [-0.2, 0) is 16.4 Å². The zero-order valence-corrected chi connectivity index (χ0v) is 8.71.